The molecule has 6 nitrogen and oxygen atoms in total. The zero-order valence-electron chi connectivity index (χ0n) is 15.6. The normalized spacial score (nSPS) is 14.7. The number of benzene rings is 2. The van der Waals surface area contributed by atoms with E-state index < -0.39 is 21.8 Å². The summed E-state index contributed by atoms with van der Waals surface area (Å²) in [5.74, 6) is -0.901. The minimum atomic E-state index is -3.29. The van der Waals surface area contributed by atoms with Gasteiger partial charge in [0, 0.05) is 29.1 Å². The molecule has 148 valence electrons. The Labute approximate surface area is 169 Å². The molecule has 2 aromatic carbocycles. The van der Waals surface area contributed by atoms with Crippen molar-refractivity contribution in [3.63, 3.8) is 0 Å². The second-order valence-corrected chi connectivity index (χ2v) is 9.59. The Morgan fingerprint density at radius 1 is 1.21 bits per heavy atom. The fourth-order valence-electron chi connectivity index (χ4n) is 3.24. The molecule has 1 unspecified atom stereocenters. The third-order valence-electron chi connectivity index (χ3n) is 4.82. The van der Waals surface area contributed by atoms with Crippen LogP contribution in [0.25, 0.3) is 0 Å². The quantitative estimate of drug-likeness (QED) is 0.778. The summed E-state index contributed by atoms with van der Waals surface area (Å²) >= 11 is 6.11. The summed E-state index contributed by atoms with van der Waals surface area (Å²) in [6.07, 6.45) is 1.13. The van der Waals surface area contributed by atoms with Crippen LogP contribution < -0.4 is 5.32 Å². The minimum absolute atomic E-state index is 0.0179. The first kappa shape index (κ1) is 20.4. The van der Waals surface area contributed by atoms with Crippen LogP contribution in [0, 0.1) is 6.92 Å². The standard InChI is InChI=1S/C20H21ClN2O4S/c1-13-16(21)8-5-9-17(13)22-19(24)18(10-11-28(2,26)27)23-12-14-6-3-4-7-15(14)20(23)25/h3-9,18H,10-12H2,1-2H3,(H,22,24). The second-order valence-electron chi connectivity index (χ2n) is 6.93. The molecule has 0 saturated heterocycles. The zero-order chi connectivity index (χ0) is 20.5. The average Bonchev–Trinajstić information content (AvgIpc) is 2.95. The molecule has 2 aromatic rings. The predicted molar refractivity (Wildman–Crippen MR) is 109 cm³/mol. The van der Waals surface area contributed by atoms with Crippen LogP contribution in [0.1, 0.15) is 27.9 Å². The van der Waals surface area contributed by atoms with Crippen molar-refractivity contribution in [1.82, 2.24) is 4.90 Å². The van der Waals surface area contributed by atoms with Gasteiger partial charge in [-0.3, -0.25) is 9.59 Å². The molecule has 8 heteroatoms. The Morgan fingerprint density at radius 3 is 2.61 bits per heavy atom. The van der Waals surface area contributed by atoms with Crippen molar-refractivity contribution in [2.75, 3.05) is 17.3 Å². The van der Waals surface area contributed by atoms with E-state index in [0.717, 1.165) is 11.8 Å². The number of carbonyl (C=O) groups is 2. The highest BCUT2D eigenvalue weighted by Gasteiger charge is 2.36. The predicted octanol–water partition coefficient (Wildman–Crippen LogP) is 3.05. The number of fused-ring (bicyclic) bond motifs is 1. The average molecular weight is 421 g/mol. The van der Waals surface area contributed by atoms with Gasteiger partial charge < -0.3 is 10.2 Å². The third kappa shape index (κ3) is 4.36. The van der Waals surface area contributed by atoms with Crippen LogP contribution in [-0.2, 0) is 21.2 Å². The van der Waals surface area contributed by atoms with Gasteiger partial charge in [0.1, 0.15) is 15.9 Å². The molecule has 0 saturated carbocycles. The van der Waals surface area contributed by atoms with Crippen molar-refractivity contribution in [3.8, 4) is 0 Å². The van der Waals surface area contributed by atoms with Gasteiger partial charge in [0.2, 0.25) is 5.91 Å². The van der Waals surface area contributed by atoms with Gasteiger partial charge in [-0.25, -0.2) is 8.42 Å². The molecule has 1 N–H and O–H groups in total. The van der Waals surface area contributed by atoms with Crippen LogP contribution in [0.2, 0.25) is 5.02 Å². The summed E-state index contributed by atoms with van der Waals surface area (Å²) < 4.78 is 23.4. The van der Waals surface area contributed by atoms with Crippen LogP contribution in [0.4, 0.5) is 5.69 Å². The van der Waals surface area contributed by atoms with Crippen molar-refractivity contribution >= 4 is 38.9 Å². The molecule has 3 rings (SSSR count). The number of nitrogens with zero attached hydrogens (tertiary/aromatic N) is 1. The van der Waals surface area contributed by atoms with E-state index in [0.29, 0.717) is 21.8 Å². The van der Waals surface area contributed by atoms with Crippen LogP contribution in [0.15, 0.2) is 42.5 Å². The number of nitrogens with one attached hydrogen (secondary N) is 1. The van der Waals surface area contributed by atoms with Gasteiger partial charge in [-0.2, -0.15) is 0 Å². The maximum absolute atomic E-state index is 13.0. The lowest BCUT2D eigenvalue weighted by Gasteiger charge is -2.27. The fourth-order valence-corrected chi connectivity index (χ4v) is 4.07. The Morgan fingerprint density at radius 2 is 1.93 bits per heavy atom. The molecule has 0 bridgehead atoms. The maximum atomic E-state index is 13.0. The highest BCUT2D eigenvalue weighted by Crippen LogP contribution is 2.28. The topological polar surface area (TPSA) is 83.6 Å². The number of carbonyl (C=O) groups excluding carboxylic acids is 2. The van der Waals surface area contributed by atoms with Crippen molar-refractivity contribution in [2.24, 2.45) is 0 Å². The summed E-state index contributed by atoms with van der Waals surface area (Å²) in [4.78, 5) is 27.3. The maximum Gasteiger partial charge on any atom is 0.255 e. The molecular formula is C20H21ClN2O4S. The Balaban J connectivity index is 1.88. The van der Waals surface area contributed by atoms with E-state index in [9.17, 15) is 18.0 Å². The smallest absolute Gasteiger partial charge is 0.255 e. The van der Waals surface area contributed by atoms with Gasteiger partial charge in [-0.05, 0) is 42.7 Å². The highest BCUT2D eigenvalue weighted by molar-refractivity contribution is 7.90. The van der Waals surface area contributed by atoms with Gasteiger partial charge in [0.15, 0.2) is 0 Å². The number of rotatable bonds is 6. The first-order valence-electron chi connectivity index (χ1n) is 8.80. The Bertz CT molecular complexity index is 1040. The number of halogens is 1. The zero-order valence-corrected chi connectivity index (χ0v) is 17.2. The summed E-state index contributed by atoms with van der Waals surface area (Å²) in [6, 6.07) is 11.4. The molecule has 0 aromatic heterocycles. The van der Waals surface area contributed by atoms with E-state index in [1.165, 1.54) is 4.90 Å². The van der Waals surface area contributed by atoms with Gasteiger partial charge in [-0.1, -0.05) is 35.9 Å². The van der Waals surface area contributed by atoms with Gasteiger partial charge in [0.25, 0.3) is 5.91 Å². The first-order chi connectivity index (χ1) is 13.2. The Hall–Kier alpha value is -2.38. The van der Waals surface area contributed by atoms with Gasteiger partial charge in [0.05, 0.1) is 5.75 Å². The molecule has 0 spiro atoms. The second kappa shape index (κ2) is 7.93. The lowest BCUT2D eigenvalue weighted by atomic mass is 10.1. The van der Waals surface area contributed by atoms with Crippen LogP contribution in [0.3, 0.4) is 0 Å². The number of sulfone groups is 1. The molecular weight excluding hydrogens is 400 g/mol. The number of amides is 2. The molecule has 28 heavy (non-hydrogen) atoms. The summed E-state index contributed by atoms with van der Waals surface area (Å²) in [5.41, 5.74) is 2.60. The molecule has 0 radical (unpaired) electrons. The van der Waals surface area contributed by atoms with Crippen molar-refractivity contribution in [2.45, 2.75) is 25.9 Å². The van der Waals surface area contributed by atoms with E-state index in [-0.39, 0.29) is 24.6 Å². The largest absolute Gasteiger partial charge is 0.324 e. The van der Waals surface area contributed by atoms with Crippen molar-refractivity contribution < 1.29 is 18.0 Å². The van der Waals surface area contributed by atoms with Gasteiger partial charge >= 0.3 is 0 Å². The van der Waals surface area contributed by atoms with Crippen molar-refractivity contribution in [3.05, 3.63) is 64.2 Å². The third-order valence-corrected chi connectivity index (χ3v) is 6.20. The SMILES string of the molecule is Cc1c(Cl)cccc1NC(=O)C(CCS(C)(=O)=O)N1Cc2ccccc2C1=O. The molecule has 1 aliphatic heterocycles. The number of anilines is 1. The fraction of sp³-hybridized carbons (Fsp3) is 0.300. The number of hydrogen-bond acceptors (Lipinski definition) is 4. The molecule has 1 heterocycles. The van der Waals surface area contributed by atoms with Crippen LogP contribution >= 0.6 is 11.6 Å². The monoisotopic (exact) mass is 420 g/mol. The van der Waals surface area contributed by atoms with E-state index in [1.54, 1.807) is 37.3 Å². The van der Waals surface area contributed by atoms with E-state index in [4.69, 9.17) is 11.6 Å². The molecule has 1 aliphatic rings. The molecule has 0 fully saturated rings. The summed E-state index contributed by atoms with van der Waals surface area (Å²) in [6.45, 7) is 2.05. The van der Waals surface area contributed by atoms with Crippen LogP contribution in [0.5, 0.6) is 0 Å². The molecule has 0 aliphatic carbocycles. The summed E-state index contributed by atoms with van der Waals surface area (Å²) in [7, 11) is -3.29. The molecule has 2 amide bonds. The van der Waals surface area contributed by atoms with Gasteiger partial charge in [-0.15, -0.1) is 0 Å². The first-order valence-corrected chi connectivity index (χ1v) is 11.2. The van der Waals surface area contributed by atoms with Crippen molar-refractivity contribution in [1.29, 1.82) is 0 Å². The van der Waals surface area contributed by atoms with Crippen LogP contribution in [-0.4, -0.2) is 43.2 Å². The minimum Gasteiger partial charge on any atom is -0.324 e. The molecule has 1 atom stereocenters. The number of hydrogen-bond donors (Lipinski definition) is 1. The Kier molecular flexibility index (Phi) is 5.76. The highest BCUT2D eigenvalue weighted by atomic mass is 35.5. The van der Waals surface area contributed by atoms with E-state index in [2.05, 4.69) is 5.32 Å². The lowest BCUT2D eigenvalue weighted by Crippen LogP contribution is -2.45. The van der Waals surface area contributed by atoms with E-state index >= 15 is 0 Å². The lowest BCUT2D eigenvalue weighted by molar-refractivity contribution is -0.120. The van der Waals surface area contributed by atoms with E-state index in [1.807, 2.05) is 12.1 Å². The summed E-state index contributed by atoms with van der Waals surface area (Å²) in [5, 5.41) is 3.31.